The molecule has 18 heavy (non-hydrogen) atoms. The van der Waals surface area contributed by atoms with Crippen LogP contribution in [0.4, 0.5) is 13.2 Å². The standard InChI is InChI=1S/C14H16F3N/c15-11-8-7-10(12(16)13(11)17)14(18)9-5-3-1-2-4-6-9/h5,7-8,14H,1-4,6,18H2. The van der Waals surface area contributed by atoms with Crippen molar-refractivity contribution >= 4 is 0 Å². The van der Waals surface area contributed by atoms with Gasteiger partial charge in [-0.15, -0.1) is 0 Å². The van der Waals surface area contributed by atoms with Gasteiger partial charge in [-0.25, -0.2) is 13.2 Å². The summed E-state index contributed by atoms with van der Waals surface area (Å²) in [6.45, 7) is 0. The first-order valence-corrected chi connectivity index (χ1v) is 6.19. The molecule has 0 saturated heterocycles. The fourth-order valence-corrected chi connectivity index (χ4v) is 2.30. The first kappa shape index (κ1) is 13.1. The summed E-state index contributed by atoms with van der Waals surface area (Å²) in [5.74, 6) is -3.80. The predicted octanol–water partition coefficient (Wildman–Crippen LogP) is 3.99. The van der Waals surface area contributed by atoms with E-state index < -0.39 is 23.5 Å². The maximum absolute atomic E-state index is 13.6. The van der Waals surface area contributed by atoms with Gasteiger partial charge < -0.3 is 5.73 Å². The molecule has 2 rings (SSSR count). The van der Waals surface area contributed by atoms with E-state index in [1.165, 1.54) is 6.07 Å². The average Bonchev–Trinajstić information content (AvgIpc) is 2.64. The van der Waals surface area contributed by atoms with Crippen molar-refractivity contribution in [2.24, 2.45) is 5.73 Å². The van der Waals surface area contributed by atoms with Crippen molar-refractivity contribution in [3.05, 3.63) is 46.8 Å². The Morgan fingerprint density at radius 2 is 1.78 bits per heavy atom. The van der Waals surface area contributed by atoms with Crippen LogP contribution in [0.3, 0.4) is 0 Å². The average molecular weight is 255 g/mol. The van der Waals surface area contributed by atoms with E-state index in [2.05, 4.69) is 0 Å². The molecule has 1 atom stereocenters. The van der Waals surface area contributed by atoms with Crippen LogP contribution in [0.1, 0.15) is 43.7 Å². The number of nitrogens with two attached hydrogens (primary N) is 1. The van der Waals surface area contributed by atoms with Gasteiger partial charge in [-0.2, -0.15) is 0 Å². The summed E-state index contributed by atoms with van der Waals surface area (Å²) < 4.78 is 39.7. The Bertz CT molecular complexity index is 468. The third-order valence-electron chi connectivity index (χ3n) is 3.38. The van der Waals surface area contributed by atoms with Crippen LogP contribution < -0.4 is 5.73 Å². The van der Waals surface area contributed by atoms with E-state index in [1.54, 1.807) is 0 Å². The van der Waals surface area contributed by atoms with Crippen LogP contribution in [-0.4, -0.2) is 0 Å². The zero-order valence-corrected chi connectivity index (χ0v) is 10.1. The molecule has 0 spiro atoms. The van der Waals surface area contributed by atoms with Crippen LogP contribution in [0, 0.1) is 17.5 Å². The maximum Gasteiger partial charge on any atom is 0.194 e. The molecule has 1 aromatic rings. The van der Waals surface area contributed by atoms with Crippen molar-refractivity contribution in [1.82, 2.24) is 0 Å². The highest BCUT2D eigenvalue weighted by Crippen LogP contribution is 2.30. The highest BCUT2D eigenvalue weighted by atomic mass is 19.2. The summed E-state index contributed by atoms with van der Waals surface area (Å²) >= 11 is 0. The fraction of sp³-hybridized carbons (Fsp3) is 0.429. The van der Waals surface area contributed by atoms with Gasteiger partial charge in [0.25, 0.3) is 0 Å². The molecule has 0 bridgehead atoms. The molecule has 0 saturated carbocycles. The normalized spacial score (nSPS) is 18.1. The molecule has 0 amide bonds. The SMILES string of the molecule is NC(C1=CCCCCC1)c1ccc(F)c(F)c1F. The van der Waals surface area contributed by atoms with Gasteiger partial charge in [-0.05, 0) is 31.7 Å². The summed E-state index contributed by atoms with van der Waals surface area (Å²) in [7, 11) is 0. The number of rotatable bonds is 2. The molecule has 4 heteroatoms. The molecule has 1 aliphatic rings. The largest absolute Gasteiger partial charge is 0.320 e. The van der Waals surface area contributed by atoms with Crippen LogP contribution >= 0.6 is 0 Å². The van der Waals surface area contributed by atoms with Gasteiger partial charge in [0.1, 0.15) is 0 Å². The van der Waals surface area contributed by atoms with Gasteiger partial charge in [-0.1, -0.05) is 24.1 Å². The van der Waals surface area contributed by atoms with Gasteiger partial charge >= 0.3 is 0 Å². The van der Waals surface area contributed by atoms with Crippen molar-refractivity contribution in [3.63, 3.8) is 0 Å². The third-order valence-corrected chi connectivity index (χ3v) is 3.38. The summed E-state index contributed by atoms with van der Waals surface area (Å²) in [6, 6.07) is 1.47. The monoisotopic (exact) mass is 255 g/mol. The second kappa shape index (κ2) is 5.57. The van der Waals surface area contributed by atoms with Crippen molar-refractivity contribution in [1.29, 1.82) is 0 Å². The summed E-state index contributed by atoms with van der Waals surface area (Å²) in [5, 5.41) is 0. The lowest BCUT2D eigenvalue weighted by Gasteiger charge is -2.17. The summed E-state index contributed by atoms with van der Waals surface area (Å²) in [4.78, 5) is 0. The Morgan fingerprint density at radius 1 is 1.00 bits per heavy atom. The van der Waals surface area contributed by atoms with E-state index >= 15 is 0 Å². The second-order valence-electron chi connectivity index (χ2n) is 4.62. The first-order valence-electron chi connectivity index (χ1n) is 6.19. The zero-order chi connectivity index (χ0) is 13.1. The van der Waals surface area contributed by atoms with Crippen molar-refractivity contribution in [2.45, 2.75) is 38.1 Å². The molecular weight excluding hydrogens is 239 g/mol. The zero-order valence-electron chi connectivity index (χ0n) is 10.1. The van der Waals surface area contributed by atoms with E-state index in [9.17, 15) is 13.2 Å². The lowest BCUT2D eigenvalue weighted by Crippen LogP contribution is -2.16. The lowest BCUT2D eigenvalue weighted by atomic mass is 9.95. The molecule has 1 nitrogen and oxygen atoms in total. The molecule has 0 aromatic heterocycles. The first-order chi connectivity index (χ1) is 8.61. The molecule has 0 aliphatic heterocycles. The van der Waals surface area contributed by atoms with E-state index in [1.807, 2.05) is 6.08 Å². The van der Waals surface area contributed by atoms with E-state index in [0.717, 1.165) is 43.7 Å². The quantitative estimate of drug-likeness (QED) is 0.627. The Balaban J connectivity index is 2.30. The summed E-state index contributed by atoms with van der Waals surface area (Å²) in [5.41, 5.74) is 6.91. The van der Waals surface area contributed by atoms with Gasteiger partial charge in [0.2, 0.25) is 0 Å². The predicted molar refractivity (Wildman–Crippen MR) is 64.4 cm³/mol. The molecule has 1 unspecified atom stereocenters. The van der Waals surface area contributed by atoms with Gasteiger partial charge in [0.15, 0.2) is 17.5 Å². The molecular formula is C14H16F3N. The Morgan fingerprint density at radius 3 is 2.56 bits per heavy atom. The number of benzene rings is 1. The molecule has 2 N–H and O–H groups in total. The smallest absolute Gasteiger partial charge is 0.194 e. The number of allylic oxidation sites excluding steroid dienone is 1. The van der Waals surface area contributed by atoms with Crippen LogP contribution in [0.2, 0.25) is 0 Å². The maximum atomic E-state index is 13.6. The van der Waals surface area contributed by atoms with Crippen molar-refractivity contribution in [2.75, 3.05) is 0 Å². The van der Waals surface area contributed by atoms with E-state index in [-0.39, 0.29) is 5.56 Å². The molecule has 1 aromatic carbocycles. The Labute approximate surface area is 104 Å². The minimum absolute atomic E-state index is 0.0297. The van der Waals surface area contributed by atoms with Crippen LogP contribution in [0.15, 0.2) is 23.8 Å². The number of hydrogen-bond donors (Lipinski definition) is 1. The second-order valence-corrected chi connectivity index (χ2v) is 4.62. The highest BCUT2D eigenvalue weighted by Gasteiger charge is 2.21. The minimum Gasteiger partial charge on any atom is -0.320 e. The van der Waals surface area contributed by atoms with Gasteiger partial charge in [0.05, 0.1) is 6.04 Å². The highest BCUT2D eigenvalue weighted by molar-refractivity contribution is 5.30. The minimum atomic E-state index is -1.45. The molecule has 0 heterocycles. The molecule has 98 valence electrons. The summed E-state index contributed by atoms with van der Waals surface area (Å²) in [6.07, 6.45) is 6.92. The van der Waals surface area contributed by atoms with Crippen LogP contribution in [0.5, 0.6) is 0 Å². The van der Waals surface area contributed by atoms with E-state index in [0.29, 0.717) is 0 Å². The van der Waals surface area contributed by atoms with Crippen molar-refractivity contribution < 1.29 is 13.2 Å². The third kappa shape index (κ3) is 2.58. The van der Waals surface area contributed by atoms with E-state index in [4.69, 9.17) is 5.73 Å². The van der Waals surface area contributed by atoms with Crippen molar-refractivity contribution in [3.8, 4) is 0 Å². The topological polar surface area (TPSA) is 26.0 Å². The van der Waals surface area contributed by atoms with Crippen LogP contribution in [0.25, 0.3) is 0 Å². The molecule has 1 aliphatic carbocycles. The van der Waals surface area contributed by atoms with Crippen LogP contribution in [-0.2, 0) is 0 Å². The lowest BCUT2D eigenvalue weighted by molar-refractivity contribution is 0.437. The fourth-order valence-electron chi connectivity index (χ4n) is 2.30. The Hall–Kier alpha value is -1.29. The number of halogens is 3. The molecule has 0 fully saturated rings. The van der Waals surface area contributed by atoms with Gasteiger partial charge in [0, 0.05) is 5.56 Å². The Kier molecular flexibility index (Phi) is 4.07. The van der Waals surface area contributed by atoms with Gasteiger partial charge in [-0.3, -0.25) is 0 Å². The molecule has 0 radical (unpaired) electrons. The number of hydrogen-bond acceptors (Lipinski definition) is 1.